The molecule has 0 aliphatic rings. The van der Waals surface area contributed by atoms with Crippen molar-refractivity contribution in [1.82, 2.24) is 5.32 Å². The summed E-state index contributed by atoms with van der Waals surface area (Å²) in [5, 5.41) is 2.46. The van der Waals surface area contributed by atoms with Crippen molar-refractivity contribution in [1.29, 1.82) is 0 Å². The quantitative estimate of drug-likeness (QED) is 0.646. The number of nitrogen functional groups attached to an aromatic ring is 1. The number of nitrogens with two attached hydrogens (primary N) is 1. The first-order valence-corrected chi connectivity index (χ1v) is 6.08. The van der Waals surface area contributed by atoms with Gasteiger partial charge in [-0.25, -0.2) is 0 Å². The molecule has 0 aromatic heterocycles. The van der Waals surface area contributed by atoms with Gasteiger partial charge < -0.3 is 15.8 Å². The Morgan fingerprint density at radius 2 is 2.05 bits per heavy atom. The van der Waals surface area contributed by atoms with Gasteiger partial charge in [0.2, 0.25) is 0 Å². The number of ether oxygens (including phenoxy) is 1. The number of amides is 1. The zero-order chi connectivity index (χ0) is 15.3. The average molecular weight is 290 g/mol. The molecular weight excluding hydrogens is 273 g/mol. The van der Waals surface area contributed by atoms with Crippen LogP contribution in [0, 0.1) is 0 Å². The first kappa shape index (κ1) is 16.3. The molecule has 0 aliphatic heterocycles. The number of rotatable bonds is 5. The molecule has 1 aromatic rings. The van der Waals surface area contributed by atoms with Gasteiger partial charge in [-0.15, -0.1) is 0 Å². The van der Waals surface area contributed by atoms with Crippen molar-refractivity contribution >= 4 is 11.6 Å². The van der Waals surface area contributed by atoms with E-state index in [4.69, 9.17) is 10.5 Å². The lowest BCUT2D eigenvalue weighted by atomic mass is 10.1. The molecule has 0 saturated heterocycles. The average Bonchev–Trinajstić information content (AvgIpc) is 2.33. The van der Waals surface area contributed by atoms with Crippen molar-refractivity contribution in [2.24, 2.45) is 0 Å². The Morgan fingerprint density at radius 3 is 2.60 bits per heavy atom. The fourth-order valence-electron chi connectivity index (χ4n) is 1.48. The predicted molar refractivity (Wildman–Crippen MR) is 69.3 cm³/mol. The van der Waals surface area contributed by atoms with Gasteiger partial charge in [0.05, 0.1) is 23.8 Å². The van der Waals surface area contributed by atoms with E-state index in [9.17, 15) is 18.0 Å². The Kier molecular flexibility index (Phi) is 5.38. The fraction of sp³-hybridized carbons (Fsp3) is 0.462. The van der Waals surface area contributed by atoms with Gasteiger partial charge in [0.1, 0.15) is 0 Å². The molecule has 0 radical (unpaired) electrons. The van der Waals surface area contributed by atoms with Gasteiger partial charge in [0, 0.05) is 12.2 Å². The predicted octanol–water partition coefficient (Wildman–Crippen LogP) is 2.44. The smallest absolute Gasteiger partial charge is 0.398 e. The van der Waals surface area contributed by atoms with Crippen LogP contribution in [0.1, 0.15) is 29.8 Å². The number of nitrogens with one attached hydrogen (secondary N) is 1. The summed E-state index contributed by atoms with van der Waals surface area (Å²) in [4.78, 5) is 11.8. The zero-order valence-corrected chi connectivity index (χ0v) is 11.3. The van der Waals surface area contributed by atoms with Crippen molar-refractivity contribution in [2.75, 3.05) is 18.9 Å². The highest BCUT2D eigenvalue weighted by Crippen LogP contribution is 2.31. The molecule has 0 atom stereocenters. The number of anilines is 1. The standard InChI is InChI=1S/C13H17F3N2O2/c1-8(2)20-6-5-18-12(19)10-7-9(13(14,15)16)3-4-11(10)17/h3-4,7-8H,5-6,17H2,1-2H3,(H,18,19). The largest absolute Gasteiger partial charge is 0.416 e. The normalized spacial score (nSPS) is 11.7. The first-order valence-electron chi connectivity index (χ1n) is 6.08. The van der Waals surface area contributed by atoms with Crippen LogP contribution in [0.3, 0.4) is 0 Å². The van der Waals surface area contributed by atoms with Crippen molar-refractivity contribution in [3.05, 3.63) is 29.3 Å². The Morgan fingerprint density at radius 1 is 1.40 bits per heavy atom. The summed E-state index contributed by atoms with van der Waals surface area (Å²) in [7, 11) is 0. The number of hydrogen-bond donors (Lipinski definition) is 2. The highest BCUT2D eigenvalue weighted by atomic mass is 19.4. The summed E-state index contributed by atoms with van der Waals surface area (Å²) in [6.45, 7) is 4.16. The molecule has 112 valence electrons. The lowest BCUT2D eigenvalue weighted by molar-refractivity contribution is -0.137. The van der Waals surface area contributed by atoms with E-state index in [1.807, 2.05) is 13.8 Å². The van der Waals surface area contributed by atoms with E-state index in [-0.39, 0.29) is 30.5 Å². The van der Waals surface area contributed by atoms with Gasteiger partial charge in [-0.3, -0.25) is 4.79 Å². The zero-order valence-electron chi connectivity index (χ0n) is 11.3. The Bertz CT molecular complexity index is 473. The van der Waals surface area contributed by atoms with Crippen LogP contribution in [-0.2, 0) is 10.9 Å². The number of halogens is 3. The summed E-state index contributed by atoms with van der Waals surface area (Å²) in [6.07, 6.45) is -4.49. The maximum absolute atomic E-state index is 12.6. The lowest BCUT2D eigenvalue weighted by Gasteiger charge is -2.12. The van der Waals surface area contributed by atoms with Gasteiger partial charge in [0.25, 0.3) is 5.91 Å². The molecule has 1 aromatic carbocycles. The van der Waals surface area contributed by atoms with Crippen LogP contribution in [0.2, 0.25) is 0 Å². The van der Waals surface area contributed by atoms with Crippen LogP contribution in [0.4, 0.5) is 18.9 Å². The fourth-order valence-corrected chi connectivity index (χ4v) is 1.48. The van der Waals surface area contributed by atoms with Crippen molar-refractivity contribution in [2.45, 2.75) is 26.1 Å². The van der Waals surface area contributed by atoms with Crippen LogP contribution in [0.25, 0.3) is 0 Å². The lowest BCUT2D eigenvalue weighted by Crippen LogP contribution is -2.29. The second-order valence-electron chi connectivity index (χ2n) is 4.48. The molecule has 1 rings (SSSR count). The number of alkyl halides is 3. The van der Waals surface area contributed by atoms with Crippen LogP contribution in [0.5, 0.6) is 0 Å². The van der Waals surface area contributed by atoms with Crippen molar-refractivity contribution in [3.8, 4) is 0 Å². The number of benzene rings is 1. The summed E-state index contributed by atoms with van der Waals surface area (Å²) < 4.78 is 42.9. The van der Waals surface area contributed by atoms with Crippen LogP contribution in [-0.4, -0.2) is 25.2 Å². The highest BCUT2D eigenvalue weighted by molar-refractivity contribution is 5.99. The Balaban J connectivity index is 2.72. The van der Waals surface area contributed by atoms with Crippen LogP contribution < -0.4 is 11.1 Å². The summed E-state index contributed by atoms with van der Waals surface area (Å²) in [5.74, 6) is -0.652. The minimum atomic E-state index is -4.51. The van der Waals surface area contributed by atoms with E-state index >= 15 is 0 Å². The van der Waals surface area contributed by atoms with Gasteiger partial charge in [-0.05, 0) is 32.0 Å². The van der Waals surface area contributed by atoms with E-state index in [2.05, 4.69) is 5.32 Å². The molecule has 3 N–H and O–H groups in total. The summed E-state index contributed by atoms with van der Waals surface area (Å²) in [6, 6.07) is 2.66. The molecule has 0 spiro atoms. The Hall–Kier alpha value is -1.76. The SMILES string of the molecule is CC(C)OCCNC(=O)c1cc(C(F)(F)F)ccc1N. The summed E-state index contributed by atoms with van der Waals surface area (Å²) >= 11 is 0. The molecule has 1 amide bonds. The second kappa shape index (κ2) is 6.60. The van der Waals surface area contributed by atoms with E-state index < -0.39 is 17.6 Å². The summed E-state index contributed by atoms with van der Waals surface area (Å²) in [5.41, 5.74) is 4.43. The van der Waals surface area contributed by atoms with Crippen molar-refractivity contribution < 1.29 is 22.7 Å². The topological polar surface area (TPSA) is 64.3 Å². The number of carbonyl (C=O) groups is 1. The second-order valence-corrected chi connectivity index (χ2v) is 4.48. The minimum Gasteiger partial charge on any atom is -0.398 e. The van der Waals surface area contributed by atoms with Gasteiger partial charge in [0.15, 0.2) is 0 Å². The molecule has 20 heavy (non-hydrogen) atoms. The van der Waals surface area contributed by atoms with Gasteiger partial charge >= 0.3 is 6.18 Å². The molecule has 0 saturated carbocycles. The maximum Gasteiger partial charge on any atom is 0.416 e. The Labute approximate surface area is 115 Å². The molecule has 0 bridgehead atoms. The van der Waals surface area contributed by atoms with E-state index in [0.29, 0.717) is 0 Å². The van der Waals surface area contributed by atoms with Crippen LogP contribution >= 0.6 is 0 Å². The van der Waals surface area contributed by atoms with E-state index in [1.54, 1.807) is 0 Å². The third kappa shape index (κ3) is 4.73. The molecular formula is C13H17F3N2O2. The van der Waals surface area contributed by atoms with E-state index in [0.717, 1.165) is 18.2 Å². The van der Waals surface area contributed by atoms with Gasteiger partial charge in [-0.2, -0.15) is 13.2 Å². The minimum absolute atomic E-state index is 0.000257. The number of carbonyl (C=O) groups excluding carboxylic acids is 1. The first-order chi connectivity index (χ1) is 9.21. The molecule has 7 heteroatoms. The molecule has 0 fully saturated rings. The molecule has 0 unspecified atom stereocenters. The maximum atomic E-state index is 12.6. The van der Waals surface area contributed by atoms with Crippen LogP contribution in [0.15, 0.2) is 18.2 Å². The number of hydrogen-bond acceptors (Lipinski definition) is 3. The monoisotopic (exact) mass is 290 g/mol. The van der Waals surface area contributed by atoms with Gasteiger partial charge in [-0.1, -0.05) is 0 Å². The molecule has 4 nitrogen and oxygen atoms in total. The van der Waals surface area contributed by atoms with Crippen molar-refractivity contribution in [3.63, 3.8) is 0 Å². The highest BCUT2D eigenvalue weighted by Gasteiger charge is 2.31. The third-order valence-corrected chi connectivity index (χ3v) is 2.46. The molecule has 0 heterocycles. The molecule has 0 aliphatic carbocycles. The van der Waals surface area contributed by atoms with E-state index in [1.165, 1.54) is 0 Å². The third-order valence-electron chi connectivity index (χ3n) is 2.46.